The predicted octanol–water partition coefficient (Wildman–Crippen LogP) is 3.17. The molecule has 1 amide bonds. The van der Waals surface area contributed by atoms with E-state index in [-0.39, 0.29) is 5.91 Å². The van der Waals surface area contributed by atoms with E-state index in [4.69, 9.17) is 14.3 Å². The molecule has 2 rings (SSSR count). The van der Waals surface area contributed by atoms with Crippen molar-refractivity contribution in [3.63, 3.8) is 0 Å². The molecule has 0 saturated carbocycles. The first-order valence-corrected chi connectivity index (χ1v) is 7.61. The predicted molar refractivity (Wildman–Crippen MR) is 91.0 cm³/mol. The summed E-state index contributed by atoms with van der Waals surface area (Å²) in [7, 11) is 3.08. The third-order valence-electron chi connectivity index (χ3n) is 2.96. The van der Waals surface area contributed by atoms with Crippen LogP contribution in [0.4, 0.5) is 0 Å². The Hall–Kier alpha value is -1.80. The fraction of sp³-hybridized carbons (Fsp3) is 0.188. The Morgan fingerprint density at radius 1 is 1.09 bits per heavy atom. The van der Waals surface area contributed by atoms with Crippen molar-refractivity contribution in [3.8, 4) is 11.5 Å². The molecule has 0 aliphatic heterocycles. The highest BCUT2D eigenvalue weighted by molar-refractivity contribution is 14.1. The third-order valence-corrected chi connectivity index (χ3v) is 3.86. The summed E-state index contributed by atoms with van der Waals surface area (Å²) in [5, 5.41) is 0. The van der Waals surface area contributed by atoms with Crippen LogP contribution in [0.2, 0.25) is 0 Å². The molecule has 0 aliphatic rings. The van der Waals surface area contributed by atoms with Gasteiger partial charge < -0.3 is 9.47 Å². The van der Waals surface area contributed by atoms with E-state index < -0.39 is 0 Å². The molecule has 0 unspecified atom stereocenters. The summed E-state index contributed by atoms with van der Waals surface area (Å²) in [6, 6.07) is 13.0. The molecule has 0 aliphatic carbocycles. The van der Waals surface area contributed by atoms with Crippen molar-refractivity contribution in [2.24, 2.45) is 0 Å². The summed E-state index contributed by atoms with van der Waals surface area (Å²) in [5.74, 6) is 0.742. The van der Waals surface area contributed by atoms with Crippen molar-refractivity contribution in [2.75, 3.05) is 14.2 Å². The van der Waals surface area contributed by atoms with Crippen molar-refractivity contribution < 1.29 is 19.1 Å². The summed E-state index contributed by atoms with van der Waals surface area (Å²) in [5.41, 5.74) is 3.88. The quantitative estimate of drug-likeness (QED) is 0.584. The highest BCUT2D eigenvalue weighted by atomic mass is 127. The van der Waals surface area contributed by atoms with Crippen LogP contribution >= 0.6 is 22.6 Å². The topological polar surface area (TPSA) is 56.8 Å². The second kappa shape index (κ2) is 8.00. The molecule has 22 heavy (non-hydrogen) atoms. The van der Waals surface area contributed by atoms with Crippen LogP contribution in [0, 0.1) is 3.57 Å². The van der Waals surface area contributed by atoms with Crippen molar-refractivity contribution >= 4 is 28.5 Å². The largest absolute Gasteiger partial charge is 0.493 e. The van der Waals surface area contributed by atoms with Gasteiger partial charge in [0.05, 0.1) is 26.4 Å². The molecular weight excluding hydrogens is 397 g/mol. The van der Waals surface area contributed by atoms with Crippen LogP contribution in [-0.2, 0) is 11.4 Å². The van der Waals surface area contributed by atoms with Crippen LogP contribution in [-0.4, -0.2) is 20.1 Å². The van der Waals surface area contributed by atoms with Gasteiger partial charge in [-0.25, -0.2) is 5.48 Å². The molecule has 116 valence electrons. The number of amides is 1. The fourth-order valence-electron chi connectivity index (χ4n) is 1.84. The average Bonchev–Trinajstić information content (AvgIpc) is 2.55. The Morgan fingerprint density at radius 3 is 2.36 bits per heavy atom. The van der Waals surface area contributed by atoms with E-state index in [1.807, 2.05) is 30.3 Å². The number of hydroxylamine groups is 1. The van der Waals surface area contributed by atoms with Crippen molar-refractivity contribution in [2.45, 2.75) is 6.61 Å². The van der Waals surface area contributed by atoms with Gasteiger partial charge in [0.1, 0.15) is 0 Å². The lowest BCUT2D eigenvalue weighted by atomic mass is 10.2. The molecule has 0 aromatic heterocycles. The second-order valence-corrected chi connectivity index (χ2v) is 5.55. The van der Waals surface area contributed by atoms with Gasteiger partial charge in [-0.15, -0.1) is 0 Å². The molecule has 0 atom stereocenters. The molecule has 6 heteroatoms. The maximum absolute atomic E-state index is 12.2. The standard InChI is InChI=1S/C16H16INO4/c1-20-14-8-12(13(17)9-15(14)21-2)16(19)18-22-10-11-6-4-3-5-7-11/h3-9H,10H2,1-2H3,(H,18,19). The first-order valence-electron chi connectivity index (χ1n) is 6.53. The molecule has 5 nitrogen and oxygen atoms in total. The van der Waals surface area contributed by atoms with Gasteiger partial charge in [0.25, 0.3) is 5.91 Å². The molecule has 0 spiro atoms. The highest BCUT2D eigenvalue weighted by Crippen LogP contribution is 2.31. The van der Waals surface area contributed by atoms with Crippen LogP contribution < -0.4 is 15.0 Å². The monoisotopic (exact) mass is 413 g/mol. The van der Waals surface area contributed by atoms with Gasteiger partial charge >= 0.3 is 0 Å². The van der Waals surface area contributed by atoms with Gasteiger partial charge in [0.2, 0.25) is 0 Å². The number of carbonyl (C=O) groups excluding carboxylic acids is 1. The maximum Gasteiger partial charge on any atom is 0.276 e. The Balaban J connectivity index is 2.03. The minimum Gasteiger partial charge on any atom is -0.493 e. The lowest BCUT2D eigenvalue weighted by Gasteiger charge is -2.12. The Kier molecular flexibility index (Phi) is 6.02. The fourth-order valence-corrected chi connectivity index (χ4v) is 2.53. The van der Waals surface area contributed by atoms with Gasteiger partial charge in [0, 0.05) is 3.57 Å². The lowest BCUT2D eigenvalue weighted by Crippen LogP contribution is -2.24. The normalized spacial score (nSPS) is 10.1. The lowest BCUT2D eigenvalue weighted by molar-refractivity contribution is 0.0232. The molecule has 0 bridgehead atoms. The Labute approximate surface area is 142 Å². The van der Waals surface area contributed by atoms with E-state index in [0.717, 1.165) is 9.13 Å². The molecule has 2 aromatic rings. The van der Waals surface area contributed by atoms with Crippen LogP contribution in [0.1, 0.15) is 15.9 Å². The second-order valence-electron chi connectivity index (χ2n) is 4.39. The minimum atomic E-state index is -0.332. The third kappa shape index (κ3) is 4.11. The minimum absolute atomic E-state index is 0.302. The summed E-state index contributed by atoms with van der Waals surface area (Å²) < 4.78 is 11.2. The zero-order valence-electron chi connectivity index (χ0n) is 12.3. The molecular formula is C16H16INO4. The highest BCUT2D eigenvalue weighted by Gasteiger charge is 2.15. The van der Waals surface area contributed by atoms with Gasteiger partial charge in [-0.2, -0.15) is 0 Å². The van der Waals surface area contributed by atoms with Crippen LogP contribution in [0.3, 0.4) is 0 Å². The van der Waals surface area contributed by atoms with E-state index >= 15 is 0 Å². The summed E-state index contributed by atoms with van der Waals surface area (Å²) >= 11 is 2.07. The zero-order valence-corrected chi connectivity index (χ0v) is 14.4. The number of hydrogen-bond donors (Lipinski definition) is 1. The smallest absolute Gasteiger partial charge is 0.276 e. The number of halogens is 1. The molecule has 1 N–H and O–H groups in total. The van der Waals surface area contributed by atoms with E-state index in [2.05, 4.69) is 28.1 Å². The summed E-state index contributed by atoms with van der Waals surface area (Å²) in [6.45, 7) is 0.302. The number of carbonyl (C=O) groups is 1. The molecule has 2 aromatic carbocycles. The van der Waals surface area contributed by atoms with E-state index in [9.17, 15) is 4.79 Å². The van der Waals surface area contributed by atoms with Crippen LogP contribution in [0.25, 0.3) is 0 Å². The first-order chi connectivity index (χ1) is 10.7. The maximum atomic E-state index is 12.2. The number of ether oxygens (including phenoxy) is 2. The number of hydrogen-bond acceptors (Lipinski definition) is 4. The summed E-state index contributed by atoms with van der Waals surface area (Å²) in [4.78, 5) is 17.4. The van der Waals surface area contributed by atoms with E-state index in [0.29, 0.717) is 23.7 Å². The van der Waals surface area contributed by atoms with Gasteiger partial charge in [0.15, 0.2) is 11.5 Å². The van der Waals surface area contributed by atoms with Gasteiger partial charge in [-0.3, -0.25) is 9.63 Å². The zero-order chi connectivity index (χ0) is 15.9. The van der Waals surface area contributed by atoms with Crippen molar-refractivity contribution in [1.29, 1.82) is 0 Å². The van der Waals surface area contributed by atoms with E-state index in [1.54, 1.807) is 19.2 Å². The van der Waals surface area contributed by atoms with Gasteiger partial charge in [-0.1, -0.05) is 30.3 Å². The number of rotatable bonds is 6. The average molecular weight is 413 g/mol. The Morgan fingerprint density at radius 2 is 1.73 bits per heavy atom. The number of methoxy groups -OCH3 is 2. The molecule has 0 heterocycles. The first kappa shape index (κ1) is 16.6. The van der Waals surface area contributed by atoms with Crippen molar-refractivity contribution in [1.82, 2.24) is 5.48 Å². The van der Waals surface area contributed by atoms with Crippen LogP contribution in [0.5, 0.6) is 11.5 Å². The van der Waals surface area contributed by atoms with Crippen LogP contribution in [0.15, 0.2) is 42.5 Å². The molecule has 0 fully saturated rings. The number of nitrogens with one attached hydrogen (secondary N) is 1. The number of benzene rings is 2. The Bertz CT molecular complexity index is 646. The summed E-state index contributed by atoms with van der Waals surface area (Å²) in [6.07, 6.45) is 0. The van der Waals surface area contributed by atoms with E-state index in [1.165, 1.54) is 7.11 Å². The molecule has 0 radical (unpaired) electrons. The van der Waals surface area contributed by atoms with Crippen molar-refractivity contribution in [3.05, 3.63) is 57.2 Å². The molecule has 0 saturated heterocycles. The SMILES string of the molecule is COc1cc(I)c(C(=O)NOCc2ccccc2)cc1OC. The van der Waals surface area contributed by atoms with Gasteiger partial charge in [-0.05, 0) is 40.3 Å².